The van der Waals surface area contributed by atoms with Crippen LogP contribution in [0.2, 0.25) is 0 Å². The van der Waals surface area contributed by atoms with Gasteiger partial charge in [0.15, 0.2) is 0 Å². The van der Waals surface area contributed by atoms with Crippen LogP contribution >= 0.6 is 11.3 Å². The highest BCUT2D eigenvalue weighted by atomic mass is 32.1. The van der Waals surface area contributed by atoms with E-state index in [1.54, 1.807) is 6.33 Å². The van der Waals surface area contributed by atoms with Gasteiger partial charge in [-0.3, -0.25) is 9.36 Å². The average Bonchev–Trinajstić information content (AvgIpc) is 3.01. The highest BCUT2D eigenvalue weighted by Gasteiger charge is 2.18. The van der Waals surface area contributed by atoms with Crippen LogP contribution in [0.5, 0.6) is 0 Å². The number of fused-ring (bicyclic) bond motifs is 1. The monoisotopic (exact) mass is 352 g/mol. The Kier molecular flexibility index (Phi) is 4.71. The number of hydrogen-bond donors (Lipinski definition) is 0. The summed E-state index contributed by atoms with van der Waals surface area (Å²) in [6.07, 6.45) is 10.3. The van der Waals surface area contributed by atoms with Gasteiger partial charge < -0.3 is 0 Å². The molecule has 4 rings (SSSR count). The van der Waals surface area contributed by atoms with Crippen molar-refractivity contribution in [2.24, 2.45) is 0 Å². The van der Waals surface area contributed by atoms with Crippen LogP contribution in [0.4, 0.5) is 0 Å². The van der Waals surface area contributed by atoms with Crippen molar-refractivity contribution in [3.63, 3.8) is 0 Å². The molecule has 2 heterocycles. The van der Waals surface area contributed by atoms with Gasteiger partial charge in [0.2, 0.25) is 0 Å². The van der Waals surface area contributed by atoms with Crippen LogP contribution in [-0.2, 0) is 0 Å². The van der Waals surface area contributed by atoms with Crippen molar-refractivity contribution in [1.82, 2.24) is 9.55 Å². The average molecular weight is 353 g/mol. The van der Waals surface area contributed by atoms with E-state index in [0.29, 0.717) is 6.04 Å². The molecule has 1 fully saturated rings. The molecule has 1 saturated carbocycles. The Morgan fingerprint density at radius 3 is 2.52 bits per heavy atom. The van der Waals surface area contributed by atoms with Crippen molar-refractivity contribution in [2.75, 3.05) is 0 Å². The van der Waals surface area contributed by atoms with Gasteiger partial charge in [0.25, 0.3) is 5.56 Å². The van der Waals surface area contributed by atoms with Gasteiger partial charge in [-0.2, -0.15) is 0 Å². The van der Waals surface area contributed by atoms with E-state index in [2.05, 4.69) is 24.4 Å². The van der Waals surface area contributed by atoms with E-state index in [1.807, 2.05) is 16.7 Å². The molecule has 0 saturated heterocycles. The topological polar surface area (TPSA) is 34.9 Å². The molecule has 1 aliphatic carbocycles. The first-order valence-corrected chi connectivity index (χ1v) is 10.2. The molecule has 0 aliphatic heterocycles. The van der Waals surface area contributed by atoms with Gasteiger partial charge in [0.1, 0.15) is 4.70 Å². The standard InChI is InChI=1S/C21H24N2OS/c1-15-9-7-8-12-17(15)18-13-25-20-19(18)22-14-23(21(20)24)16-10-5-3-2-4-6-11-16/h7-9,12-14,16H,2-6,10-11H2,1H3. The molecule has 1 aromatic carbocycles. The van der Waals surface area contributed by atoms with Gasteiger partial charge in [0, 0.05) is 17.0 Å². The third kappa shape index (κ3) is 3.15. The van der Waals surface area contributed by atoms with Gasteiger partial charge in [0.05, 0.1) is 11.8 Å². The summed E-state index contributed by atoms with van der Waals surface area (Å²) < 4.78 is 2.70. The zero-order valence-corrected chi connectivity index (χ0v) is 15.5. The van der Waals surface area contributed by atoms with Crippen LogP contribution < -0.4 is 5.56 Å². The van der Waals surface area contributed by atoms with Crippen molar-refractivity contribution < 1.29 is 0 Å². The second-order valence-corrected chi connectivity index (χ2v) is 7.98. The van der Waals surface area contributed by atoms with E-state index < -0.39 is 0 Å². The maximum Gasteiger partial charge on any atom is 0.271 e. The molecule has 25 heavy (non-hydrogen) atoms. The van der Waals surface area contributed by atoms with E-state index in [-0.39, 0.29) is 5.56 Å². The highest BCUT2D eigenvalue weighted by Crippen LogP contribution is 2.33. The third-order valence-corrected chi connectivity index (χ3v) is 6.37. The SMILES string of the molecule is Cc1ccccc1-c1csc2c(=O)n(C3CCCCCCC3)cnc12. The lowest BCUT2D eigenvalue weighted by molar-refractivity contribution is 0.364. The number of aryl methyl sites for hydroxylation is 1. The molecule has 0 radical (unpaired) electrons. The Bertz CT molecular complexity index is 932. The summed E-state index contributed by atoms with van der Waals surface area (Å²) in [4.78, 5) is 17.8. The number of aromatic nitrogens is 2. The summed E-state index contributed by atoms with van der Waals surface area (Å²) in [5, 5.41) is 2.09. The summed E-state index contributed by atoms with van der Waals surface area (Å²) in [6, 6.07) is 8.62. The van der Waals surface area contributed by atoms with Crippen molar-refractivity contribution in [3.05, 3.63) is 51.9 Å². The predicted octanol–water partition coefficient (Wildman–Crippen LogP) is 5.72. The summed E-state index contributed by atoms with van der Waals surface area (Å²) >= 11 is 1.54. The maximum absolute atomic E-state index is 13.1. The molecule has 4 heteroatoms. The van der Waals surface area contributed by atoms with Crippen molar-refractivity contribution in [2.45, 2.75) is 57.9 Å². The van der Waals surface area contributed by atoms with Crippen molar-refractivity contribution in [3.8, 4) is 11.1 Å². The van der Waals surface area contributed by atoms with Gasteiger partial charge >= 0.3 is 0 Å². The smallest absolute Gasteiger partial charge is 0.271 e. The fourth-order valence-electron chi connectivity index (χ4n) is 3.96. The minimum absolute atomic E-state index is 0.139. The van der Waals surface area contributed by atoms with E-state index in [4.69, 9.17) is 4.98 Å². The first kappa shape index (κ1) is 16.5. The molecule has 2 aromatic heterocycles. The quantitative estimate of drug-likeness (QED) is 0.591. The summed E-state index contributed by atoms with van der Waals surface area (Å²) in [6.45, 7) is 2.11. The van der Waals surface area contributed by atoms with Crippen LogP contribution in [0.15, 0.2) is 40.8 Å². The van der Waals surface area contributed by atoms with Gasteiger partial charge in [-0.05, 0) is 30.9 Å². The Labute approximate surface area is 152 Å². The minimum Gasteiger partial charge on any atom is -0.295 e. The van der Waals surface area contributed by atoms with Crippen LogP contribution in [0, 0.1) is 6.92 Å². The zero-order valence-electron chi connectivity index (χ0n) is 14.7. The lowest BCUT2D eigenvalue weighted by atomic mass is 9.96. The molecule has 3 aromatic rings. The lowest BCUT2D eigenvalue weighted by Crippen LogP contribution is -2.25. The van der Waals surface area contributed by atoms with Crippen LogP contribution in [0.3, 0.4) is 0 Å². The molecule has 1 aliphatic rings. The second kappa shape index (κ2) is 7.12. The van der Waals surface area contributed by atoms with E-state index >= 15 is 0 Å². The number of nitrogens with zero attached hydrogens (tertiary/aromatic N) is 2. The van der Waals surface area contributed by atoms with E-state index in [0.717, 1.165) is 28.6 Å². The fraction of sp³-hybridized carbons (Fsp3) is 0.429. The molecule has 0 amide bonds. The number of benzene rings is 1. The Morgan fingerprint density at radius 2 is 1.76 bits per heavy atom. The summed E-state index contributed by atoms with van der Waals surface area (Å²) in [5.41, 5.74) is 4.46. The Morgan fingerprint density at radius 1 is 1.04 bits per heavy atom. The van der Waals surface area contributed by atoms with Crippen molar-refractivity contribution in [1.29, 1.82) is 0 Å². The largest absolute Gasteiger partial charge is 0.295 e. The molecule has 0 unspecified atom stereocenters. The number of thiophene rings is 1. The number of rotatable bonds is 2. The molecular formula is C21H24N2OS. The summed E-state index contributed by atoms with van der Waals surface area (Å²) in [5.74, 6) is 0. The molecule has 0 bridgehead atoms. The summed E-state index contributed by atoms with van der Waals surface area (Å²) in [7, 11) is 0. The maximum atomic E-state index is 13.1. The Balaban J connectivity index is 1.77. The second-order valence-electron chi connectivity index (χ2n) is 7.10. The highest BCUT2D eigenvalue weighted by molar-refractivity contribution is 7.17. The van der Waals surface area contributed by atoms with Crippen molar-refractivity contribution >= 4 is 21.6 Å². The van der Waals surface area contributed by atoms with Crippen LogP contribution in [-0.4, -0.2) is 9.55 Å². The lowest BCUT2D eigenvalue weighted by Gasteiger charge is -2.21. The molecule has 0 spiro atoms. The molecule has 3 nitrogen and oxygen atoms in total. The molecular weight excluding hydrogens is 328 g/mol. The van der Waals surface area contributed by atoms with Gasteiger partial charge in [-0.15, -0.1) is 11.3 Å². The third-order valence-electron chi connectivity index (χ3n) is 5.41. The van der Waals surface area contributed by atoms with Crippen LogP contribution in [0.25, 0.3) is 21.3 Å². The number of hydrogen-bond acceptors (Lipinski definition) is 3. The van der Waals surface area contributed by atoms with E-state index in [1.165, 1.54) is 54.6 Å². The molecule has 0 atom stereocenters. The zero-order chi connectivity index (χ0) is 17.2. The van der Waals surface area contributed by atoms with Gasteiger partial charge in [-0.25, -0.2) is 4.98 Å². The molecule has 130 valence electrons. The Hall–Kier alpha value is -1.94. The van der Waals surface area contributed by atoms with E-state index in [9.17, 15) is 4.79 Å². The van der Waals surface area contributed by atoms with Crippen LogP contribution in [0.1, 0.15) is 56.6 Å². The first-order chi connectivity index (χ1) is 12.3. The predicted molar refractivity (Wildman–Crippen MR) is 105 cm³/mol. The molecule has 0 N–H and O–H groups in total. The van der Waals surface area contributed by atoms with Gasteiger partial charge in [-0.1, -0.05) is 56.4 Å². The normalized spacial score (nSPS) is 16.7. The first-order valence-electron chi connectivity index (χ1n) is 9.30. The minimum atomic E-state index is 0.139. The fourth-order valence-corrected chi connectivity index (χ4v) is 4.92.